The van der Waals surface area contributed by atoms with E-state index in [0.717, 1.165) is 124 Å². The van der Waals surface area contributed by atoms with E-state index in [-0.39, 0.29) is 0 Å². The number of rotatable bonds is 15. The molecule has 0 radical (unpaired) electrons. The van der Waals surface area contributed by atoms with Crippen molar-refractivity contribution in [3.8, 4) is 45.2 Å². The van der Waals surface area contributed by atoms with Crippen LogP contribution in [0.15, 0.2) is 169 Å². The van der Waals surface area contributed by atoms with Crippen LogP contribution in [0.3, 0.4) is 0 Å². The smallest absolute Gasteiger partial charge is 0.181 e. The Bertz CT molecular complexity index is 3980. The minimum absolute atomic E-state index is 0.533. The lowest BCUT2D eigenvalue weighted by molar-refractivity contribution is 0.331. The number of fused-ring (bicyclic) bond motifs is 4. The highest BCUT2D eigenvalue weighted by molar-refractivity contribution is 8.02. The van der Waals surface area contributed by atoms with Crippen molar-refractivity contribution in [1.29, 1.82) is 0 Å². The van der Waals surface area contributed by atoms with Gasteiger partial charge in [0.25, 0.3) is 0 Å². The number of allylic oxidation sites excluding steroid dienone is 5. The molecule has 0 unspecified atom stereocenters. The topological polar surface area (TPSA) is 169 Å². The van der Waals surface area contributed by atoms with Crippen molar-refractivity contribution in [3.63, 3.8) is 0 Å². The fourth-order valence-electron chi connectivity index (χ4n) is 9.60. The van der Waals surface area contributed by atoms with Crippen molar-refractivity contribution in [2.24, 2.45) is 0 Å². The van der Waals surface area contributed by atoms with Crippen LogP contribution in [0.4, 0.5) is 0 Å². The number of thioether (sulfide) groups is 1. The van der Waals surface area contributed by atoms with Gasteiger partial charge in [0.05, 0.1) is 34.2 Å². The molecule has 1 aromatic carbocycles. The van der Waals surface area contributed by atoms with Gasteiger partial charge in [0.2, 0.25) is 0 Å². The predicted molar refractivity (Wildman–Crippen MR) is 316 cm³/mol. The Morgan fingerprint density at radius 1 is 0.763 bits per heavy atom. The quantitative estimate of drug-likeness (QED) is 0.0623. The molecule has 15 heteroatoms. The number of aromatic nitrogens is 11. The first-order valence-corrected chi connectivity index (χ1v) is 27.3. The maximum Gasteiger partial charge on any atom is 0.181 e. The lowest BCUT2D eigenvalue weighted by Crippen LogP contribution is -2.18. The Morgan fingerprint density at radius 2 is 1.46 bits per heavy atom. The number of likely N-dealkylation sites (tertiary alicyclic amines) is 1. The molecule has 11 heterocycles. The first-order chi connectivity index (χ1) is 37.2. The molecule has 1 saturated heterocycles. The molecular formula is C61H57N13S2. The van der Waals surface area contributed by atoms with E-state index >= 15 is 0 Å². The molecule has 0 spiro atoms. The molecule has 1 fully saturated rings. The first kappa shape index (κ1) is 49.7. The molecule has 0 aliphatic carbocycles. The maximum atomic E-state index is 4.69. The van der Waals surface area contributed by atoms with Gasteiger partial charge < -0.3 is 15.3 Å². The summed E-state index contributed by atoms with van der Waals surface area (Å²) in [6.45, 7) is 20.0. The average molecular weight is 1040 g/mol. The molecule has 5 N–H and O–H groups in total. The SMILES string of the molecule is C/C(=C\SC(C)C)c1nccc2[nH]c(-c3[nH]nc4ncc(-c5cncc(CN6CCCC6)c5)cc34)cc12.C=C/C(=C\C(=C/C)c1cnc2n[nH]c(-c3cc4c(-c5ccsc5)nccc4[nH]3)c2c1)NC(=C)c1ccccc1. The molecular weight excluding hydrogens is 979 g/mol. The van der Waals surface area contributed by atoms with E-state index < -0.39 is 0 Å². The van der Waals surface area contributed by atoms with Crippen molar-refractivity contribution in [2.75, 3.05) is 13.1 Å². The van der Waals surface area contributed by atoms with Crippen LogP contribution in [0.5, 0.6) is 0 Å². The summed E-state index contributed by atoms with van der Waals surface area (Å²) in [6.07, 6.45) is 19.8. The second kappa shape index (κ2) is 22.1. The molecule has 13 nitrogen and oxygen atoms in total. The molecule has 378 valence electrons. The summed E-state index contributed by atoms with van der Waals surface area (Å²) < 4.78 is 0. The first-order valence-electron chi connectivity index (χ1n) is 25.4. The third-order valence-corrected chi connectivity index (χ3v) is 15.2. The van der Waals surface area contributed by atoms with Gasteiger partial charge in [-0.25, -0.2) is 9.97 Å². The van der Waals surface area contributed by atoms with Crippen LogP contribution in [-0.4, -0.2) is 78.5 Å². The minimum atomic E-state index is 0.533. The monoisotopic (exact) mass is 1040 g/mol. The highest BCUT2D eigenvalue weighted by Gasteiger charge is 2.19. The van der Waals surface area contributed by atoms with Crippen molar-refractivity contribution in [1.82, 2.24) is 65.5 Å². The fraction of sp³-hybridized carbons (Fsp3) is 0.164. The maximum absolute atomic E-state index is 4.69. The van der Waals surface area contributed by atoms with Gasteiger partial charge in [-0.3, -0.25) is 30.0 Å². The third kappa shape index (κ3) is 10.6. The van der Waals surface area contributed by atoms with Crippen molar-refractivity contribution in [3.05, 3.63) is 192 Å². The van der Waals surface area contributed by atoms with Gasteiger partial charge in [0.15, 0.2) is 11.3 Å². The zero-order valence-electron chi connectivity index (χ0n) is 42.9. The van der Waals surface area contributed by atoms with Gasteiger partial charge in [0.1, 0.15) is 0 Å². The van der Waals surface area contributed by atoms with Crippen LogP contribution in [-0.2, 0) is 6.54 Å². The molecule has 76 heavy (non-hydrogen) atoms. The summed E-state index contributed by atoms with van der Waals surface area (Å²) in [5.41, 5.74) is 19.3. The van der Waals surface area contributed by atoms with Crippen molar-refractivity contribution in [2.45, 2.75) is 52.3 Å². The van der Waals surface area contributed by atoms with Crippen LogP contribution < -0.4 is 5.32 Å². The summed E-state index contributed by atoms with van der Waals surface area (Å²) in [7, 11) is 0. The molecule has 12 rings (SSSR count). The van der Waals surface area contributed by atoms with E-state index in [1.54, 1.807) is 17.4 Å². The zero-order chi connectivity index (χ0) is 52.1. The van der Waals surface area contributed by atoms with Crippen molar-refractivity contribution < 1.29 is 0 Å². The van der Waals surface area contributed by atoms with Crippen LogP contribution in [0, 0.1) is 0 Å². The van der Waals surface area contributed by atoms with Gasteiger partial charge in [-0.1, -0.05) is 63.4 Å². The van der Waals surface area contributed by atoms with Crippen LogP contribution >= 0.6 is 23.1 Å². The lowest BCUT2D eigenvalue weighted by Gasteiger charge is -2.14. The number of nitrogens with zero attached hydrogens (tertiary/aromatic N) is 8. The molecule has 11 aromatic rings. The molecule has 0 bridgehead atoms. The Labute approximate surface area is 449 Å². The zero-order valence-corrected chi connectivity index (χ0v) is 44.5. The number of H-pyrrole nitrogens is 4. The van der Waals surface area contributed by atoms with Gasteiger partial charge in [-0.05, 0) is 134 Å². The minimum Gasteiger partial charge on any atom is -0.356 e. The standard InChI is InChI=1S/C32H26N6S.C29H31N7S/c1-4-21(15-25(5-2)35-20(3)22-9-7-6-8-10-22)24-16-27-31(37-38-32(27)34-18-24)29-17-26-28(36-29)11-13-33-30(26)23-12-14-39-19-23;1-18(2)37-17-19(3)27-23-12-26(33-25(23)6-7-31-27)28-24-11-22(15-32-29(24)35-34-28)21-10-20(13-30-14-21)16-36-8-4-5-9-36/h4-19,35-36H,2-3H2,1H3,(H,34,37,38);6-7,10-15,17-18,33H,4-5,8-9,16H2,1-3H3,(H,32,34,35)/b21-4+,25-15+;19-17+. The number of pyridine rings is 5. The second-order valence-corrected chi connectivity index (χ2v) is 21.3. The fourth-order valence-corrected chi connectivity index (χ4v) is 10.8. The van der Waals surface area contributed by atoms with Crippen LogP contribution in [0.25, 0.3) is 106 Å². The molecule has 1 aliphatic heterocycles. The van der Waals surface area contributed by atoms with Gasteiger partial charge in [-0.15, -0.1) is 11.8 Å². The molecule has 0 amide bonds. The van der Waals surface area contributed by atoms with E-state index in [4.69, 9.17) is 4.98 Å². The van der Waals surface area contributed by atoms with E-state index in [0.29, 0.717) is 16.5 Å². The van der Waals surface area contributed by atoms with E-state index in [1.807, 2.05) is 104 Å². The summed E-state index contributed by atoms with van der Waals surface area (Å²) in [4.78, 5) is 32.8. The average Bonchev–Trinajstić information content (AvgIpc) is 4.38. The molecule has 0 atom stereocenters. The van der Waals surface area contributed by atoms with E-state index in [9.17, 15) is 0 Å². The normalized spacial score (nSPS) is 13.6. The van der Waals surface area contributed by atoms with E-state index in [2.05, 4.69) is 153 Å². The summed E-state index contributed by atoms with van der Waals surface area (Å²) >= 11 is 3.48. The molecule has 0 saturated carbocycles. The van der Waals surface area contributed by atoms with Gasteiger partial charge in [0, 0.05) is 121 Å². The summed E-state index contributed by atoms with van der Waals surface area (Å²) in [5, 5.41) is 29.7. The predicted octanol–water partition coefficient (Wildman–Crippen LogP) is 14.6. The summed E-state index contributed by atoms with van der Waals surface area (Å²) in [6, 6.07) is 26.9. The number of thiophene rings is 1. The number of benzene rings is 1. The Morgan fingerprint density at radius 3 is 2.17 bits per heavy atom. The molecule has 10 aromatic heterocycles. The lowest BCUT2D eigenvalue weighted by atomic mass is 10.0. The second-order valence-electron chi connectivity index (χ2n) is 19.1. The van der Waals surface area contributed by atoms with Gasteiger partial charge >= 0.3 is 0 Å². The molecule has 1 aliphatic rings. The highest BCUT2D eigenvalue weighted by Crippen LogP contribution is 2.36. The van der Waals surface area contributed by atoms with Crippen LogP contribution in [0.2, 0.25) is 0 Å². The summed E-state index contributed by atoms with van der Waals surface area (Å²) in [5.74, 6) is 0. The highest BCUT2D eigenvalue weighted by atomic mass is 32.2. The third-order valence-electron chi connectivity index (χ3n) is 13.5. The van der Waals surface area contributed by atoms with Crippen molar-refractivity contribution >= 4 is 83.8 Å². The van der Waals surface area contributed by atoms with Gasteiger partial charge in [-0.2, -0.15) is 21.5 Å². The van der Waals surface area contributed by atoms with Crippen LogP contribution in [0.1, 0.15) is 62.9 Å². The Kier molecular flexibility index (Phi) is 14.5. The van der Waals surface area contributed by atoms with E-state index in [1.165, 1.54) is 31.5 Å². The Balaban J connectivity index is 0.000000162. The number of hydrogen-bond acceptors (Lipinski definition) is 11. The largest absolute Gasteiger partial charge is 0.356 e. The number of aromatic amines is 4. The number of hydrogen-bond donors (Lipinski definition) is 5. The Hall–Kier alpha value is -8.50. The number of nitrogens with one attached hydrogen (secondary N) is 5.